The summed E-state index contributed by atoms with van der Waals surface area (Å²) in [6, 6.07) is 10.4. The summed E-state index contributed by atoms with van der Waals surface area (Å²) in [5, 5.41) is 12.5. The van der Waals surface area contributed by atoms with Crippen molar-refractivity contribution in [1.82, 2.24) is 9.78 Å². The lowest BCUT2D eigenvalue weighted by atomic mass is 10.0. The number of aliphatic hydroxyl groups is 1. The number of benzene rings is 2. The van der Waals surface area contributed by atoms with Crippen molar-refractivity contribution in [2.75, 3.05) is 19.8 Å². The van der Waals surface area contributed by atoms with Crippen LogP contribution in [0.1, 0.15) is 41.4 Å². The van der Waals surface area contributed by atoms with Crippen LogP contribution in [0.2, 0.25) is 0 Å². The highest BCUT2D eigenvalue weighted by Crippen LogP contribution is 2.31. The fourth-order valence-electron chi connectivity index (χ4n) is 3.71. The minimum atomic E-state index is -4.64. The third-order valence-electron chi connectivity index (χ3n) is 5.34. The van der Waals surface area contributed by atoms with Gasteiger partial charge in [-0.15, -0.1) is 0 Å². The summed E-state index contributed by atoms with van der Waals surface area (Å²) in [7, 11) is 0. The van der Waals surface area contributed by atoms with E-state index in [-0.39, 0.29) is 50.6 Å². The zero-order valence-electron chi connectivity index (χ0n) is 20.1. The SMILES string of the molecule is CCOc1cc(C)cc(-n2nc(C(F)(F)F)cc2CCC(=O)Cc2ccc(COCCO)c(F)c2)c1. The second-order valence-electron chi connectivity index (χ2n) is 8.29. The van der Waals surface area contributed by atoms with Crippen LogP contribution in [0.25, 0.3) is 5.69 Å². The lowest BCUT2D eigenvalue weighted by Crippen LogP contribution is -2.09. The molecule has 0 amide bonds. The molecule has 0 unspecified atom stereocenters. The molecule has 0 saturated carbocycles. The molecule has 0 fully saturated rings. The smallest absolute Gasteiger partial charge is 0.435 e. The number of carbonyl (C=O) groups is 1. The number of halogens is 4. The molecule has 0 aliphatic heterocycles. The van der Waals surface area contributed by atoms with Gasteiger partial charge in [0.25, 0.3) is 0 Å². The van der Waals surface area contributed by atoms with Gasteiger partial charge in [-0.05, 0) is 55.7 Å². The molecule has 0 aliphatic rings. The number of aryl methyl sites for hydroxylation is 2. The summed E-state index contributed by atoms with van der Waals surface area (Å²) >= 11 is 0. The topological polar surface area (TPSA) is 73.6 Å². The van der Waals surface area contributed by atoms with Crippen LogP contribution in [-0.2, 0) is 35.2 Å². The monoisotopic (exact) mass is 508 g/mol. The number of Topliss-reactive ketones (excluding diaryl/α,β-unsaturated/α-hetero) is 1. The van der Waals surface area contributed by atoms with E-state index < -0.39 is 17.7 Å². The second-order valence-corrected chi connectivity index (χ2v) is 8.29. The van der Waals surface area contributed by atoms with Gasteiger partial charge in [0, 0.05) is 30.2 Å². The minimum absolute atomic E-state index is 0.00385. The lowest BCUT2D eigenvalue weighted by molar-refractivity contribution is -0.141. The van der Waals surface area contributed by atoms with E-state index in [1.165, 1.54) is 16.8 Å². The number of ketones is 1. The maximum Gasteiger partial charge on any atom is 0.435 e. The fourth-order valence-corrected chi connectivity index (χ4v) is 3.71. The average Bonchev–Trinajstić information content (AvgIpc) is 3.24. The summed E-state index contributed by atoms with van der Waals surface area (Å²) in [6.07, 6.45) is -4.73. The van der Waals surface area contributed by atoms with Gasteiger partial charge in [0.2, 0.25) is 0 Å². The minimum Gasteiger partial charge on any atom is -0.494 e. The maximum absolute atomic E-state index is 14.3. The van der Waals surface area contributed by atoms with Crippen molar-refractivity contribution in [2.45, 2.75) is 45.9 Å². The molecule has 36 heavy (non-hydrogen) atoms. The van der Waals surface area contributed by atoms with Gasteiger partial charge in [0.15, 0.2) is 5.69 Å². The molecule has 10 heteroatoms. The molecule has 0 atom stereocenters. The summed E-state index contributed by atoms with van der Waals surface area (Å²) in [5.41, 5.74) is 1.12. The first kappa shape index (κ1) is 27.3. The molecule has 3 rings (SSSR count). The normalized spacial score (nSPS) is 11.6. The number of rotatable bonds is 12. The third kappa shape index (κ3) is 7.38. The first-order chi connectivity index (χ1) is 17.1. The first-order valence-electron chi connectivity index (χ1n) is 11.5. The van der Waals surface area contributed by atoms with E-state index in [0.717, 1.165) is 11.6 Å². The van der Waals surface area contributed by atoms with E-state index in [9.17, 15) is 22.4 Å². The Labute approximate surface area is 206 Å². The molecule has 0 saturated heterocycles. The van der Waals surface area contributed by atoms with Crippen LogP contribution in [-0.4, -0.2) is 40.5 Å². The van der Waals surface area contributed by atoms with Gasteiger partial charge < -0.3 is 14.6 Å². The quantitative estimate of drug-likeness (QED) is 0.276. The van der Waals surface area contributed by atoms with E-state index >= 15 is 0 Å². The van der Waals surface area contributed by atoms with Gasteiger partial charge in [-0.3, -0.25) is 4.79 Å². The first-order valence-corrected chi connectivity index (χ1v) is 11.5. The molecular formula is C26H28F4N2O4. The highest BCUT2D eigenvalue weighted by atomic mass is 19.4. The summed E-state index contributed by atoms with van der Waals surface area (Å²) in [5.74, 6) is -0.277. The molecule has 1 heterocycles. The van der Waals surface area contributed by atoms with Crippen LogP contribution in [0.4, 0.5) is 17.6 Å². The number of carbonyl (C=O) groups excluding carboxylic acids is 1. The van der Waals surface area contributed by atoms with Gasteiger partial charge in [-0.25, -0.2) is 9.07 Å². The Bertz CT molecular complexity index is 1190. The average molecular weight is 509 g/mol. The van der Waals surface area contributed by atoms with Gasteiger partial charge in [-0.2, -0.15) is 18.3 Å². The zero-order valence-corrected chi connectivity index (χ0v) is 20.1. The maximum atomic E-state index is 14.3. The highest BCUT2D eigenvalue weighted by molar-refractivity contribution is 5.81. The molecule has 0 spiro atoms. The zero-order chi connectivity index (χ0) is 26.3. The molecule has 2 aromatic carbocycles. The van der Waals surface area contributed by atoms with Crippen LogP contribution >= 0.6 is 0 Å². The van der Waals surface area contributed by atoms with Crippen molar-refractivity contribution in [3.63, 3.8) is 0 Å². The fraction of sp³-hybridized carbons (Fsp3) is 0.385. The van der Waals surface area contributed by atoms with E-state index in [4.69, 9.17) is 14.6 Å². The molecule has 194 valence electrons. The van der Waals surface area contributed by atoms with E-state index in [1.54, 1.807) is 38.1 Å². The predicted molar refractivity (Wildman–Crippen MR) is 125 cm³/mol. The van der Waals surface area contributed by atoms with Crippen molar-refractivity contribution < 1.29 is 36.9 Å². The van der Waals surface area contributed by atoms with Crippen LogP contribution in [0.15, 0.2) is 42.5 Å². The Morgan fingerprint density at radius 2 is 1.92 bits per heavy atom. The molecule has 0 bridgehead atoms. The Morgan fingerprint density at radius 1 is 1.14 bits per heavy atom. The molecule has 0 radical (unpaired) electrons. The van der Waals surface area contributed by atoms with Gasteiger partial charge in [0.1, 0.15) is 17.3 Å². The number of alkyl halides is 3. The molecule has 1 N–H and O–H groups in total. The Kier molecular flexibility index (Phi) is 9.22. The largest absolute Gasteiger partial charge is 0.494 e. The number of hydrogen-bond donors (Lipinski definition) is 1. The number of hydrogen-bond acceptors (Lipinski definition) is 5. The Balaban J connectivity index is 1.75. The van der Waals surface area contributed by atoms with Gasteiger partial charge >= 0.3 is 6.18 Å². The summed E-state index contributed by atoms with van der Waals surface area (Å²) in [4.78, 5) is 12.6. The molecule has 6 nitrogen and oxygen atoms in total. The molecular weight excluding hydrogens is 480 g/mol. The van der Waals surface area contributed by atoms with Crippen LogP contribution < -0.4 is 4.74 Å². The van der Waals surface area contributed by atoms with Crippen LogP contribution in [0.5, 0.6) is 5.75 Å². The van der Waals surface area contributed by atoms with Gasteiger partial charge in [0.05, 0.1) is 32.1 Å². The van der Waals surface area contributed by atoms with E-state index in [0.29, 0.717) is 29.2 Å². The van der Waals surface area contributed by atoms with E-state index in [2.05, 4.69) is 5.10 Å². The standard InChI is InChI=1S/C26H28F4N2O4/c1-3-36-23-11-17(2)10-21(14-23)32-20(15-25(31-32)26(28,29)30)6-7-22(34)12-18-4-5-19(24(27)13-18)16-35-9-8-33/h4-5,10-11,13-15,33H,3,6-9,12,16H2,1-2H3. The van der Waals surface area contributed by atoms with Crippen molar-refractivity contribution in [3.8, 4) is 11.4 Å². The number of aromatic nitrogens is 2. The number of ether oxygens (including phenoxy) is 2. The Morgan fingerprint density at radius 3 is 2.58 bits per heavy atom. The highest BCUT2D eigenvalue weighted by Gasteiger charge is 2.35. The summed E-state index contributed by atoms with van der Waals surface area (Å²) < 4.78 is 66.3. The molecule has 1 aromatic heterocycles. The van der Waals surface area contributed by atoms with Crippen molar-refractivity contribution in [3.05, 3.63) is 76.4 Å². The van der Waals surface area contributed by atoms with Gasteiger partial charge in [-0.1, -0.05) is 12.1 Å². The lowest BCUT2D eigenvalue weighted by Gasteiger charge is -2.11. The molecule has 3 aromatic rings. The predicted octanol–water partition coefficient (Wildman–Crippen LogP) is 4.99. The summed E-state index contributed by atoms with van der Waals surface area (Å²) in [6.45, 7) is 3.91. The van der Waals surface area contributed by atoms with Crippen LogP contribution in [0, 0.1) is 12.7 Å². The third-order valence-corrected chi connectivity index (χ3v) is 5.34. The van der Waals surface area contributed by atoms with Crippen molar-refractivity contribution >= 4 is 5.78 Å². The molecule has 0 aliphatic carbocycles. The Hall–Kier alpha value is -3.24. The van der Waals surface area contributed by atoms with Crippen molar-refractivity contribution in [2.24, 2.45) is 0 Å². The number of aliphatic hydroxyl groups excluding tert-OH is 1. The second kappa shape index (κ2) is 12.1. The number of nitrogens with zero attached hydrogens (tertiary/aromatic N) is 2. The van der Waals surface area contributed by atoms with Crippen LogP contribution in [0.3, 0.4) is 0 Å². The van der Waals surface area contributed by atoms with E-state index in [1.807, 2.05) is 0 Å². The van der Waals surface area contributed by atoms with Crippen molar-refractivity contribution in [1.29, 1.82) is 0 Å².